The molecule has 2 aromatic rings. The number of anilines is 1. The van der Waals surface area contributed by atoms with Crippen LogP contribution in [0.2, 0.25) is 0 Å². The third kappa shape index (κ3) is 4.37. The maximum atomic E-state index is 12.3. The zero-order chi connectivity index (χ0) is 16.1. The fourth-order valence-corrected chi connectivity index (χ4v) is 3.32. The van der Waals surface area contributed by atoms with Crippen LogP contribution in [0.25, 0.3) is 0 Å². The number of amides is 1. The van der Waals surface area contributed by atoms with Crippen molar-refractivity contribution in [3.63, 3.8) is 0 Å². The lowest BCUT2D eigenvalue weighted by molar-refractivity contribution is -0.118. The van der Waals surface area contributed by atoms with Gasteiger partial charge in [0.2, 0.25) is 5.91 Å². The van der Waals surface area contributed by atoms with Crippen LogP contribution in [0.1, 0.15) is 56.8 Å². The van der Waals surface area contributed by atoms with E-state index in [0.717, 1.165) is 24.1 Å². The number of nitrogens with zero attached hydrogens (tertiary/aromatic N) is 3. The second-order valence-corrected chi connectivity index (χ2v) is 6.80. The number of aromatic amines is 1. The Hall–Kier alpha value is -2.24. The summed E-state index contributed by atoms with van der Waals surface area (Å²) in [5, 5.41) is 16.9. The Morgan fingerprint density at radius 1 is 1.22 bits per heavy atom. The van der Waals surface area contributed by atoms with Crippen molar-refractivity contribution in [2.24, 2.45) is 5.41 Å². The van der Waals surface area contributed by atoms with Crippen molar-refractivity contribution in [2.75, 3.05) is 5.32 Å². The van der Waals surface area contributed by atoms with E-state index in [2.05, 4.69) is 32.9 Å². The van der Waals surface area contributed by atoms with E-state index in [1.54, 1.807) is 0 Å². The Bertz CT molecular complexity index is 630. The summed E-state index contributed by atoms with van der Waals surface area (Å²) in [7, 11) is 0. The van der Waals surface area contributed by atoms with E-state index in [9.17, 15) is 4.79 Å². The summed E-state index contributed by atoms with van der Waals surface area (Å²) in [5.74, 6) is 0.771. The van der Waals surface area contributed by atoms with Crippen LogP contribution in [0.15, 0.2) is 24.3 Å². The van der Waals surface area contributed by atoms with E-state index in [0.29, 0.717) is 18.7 Å². The molecule has 122 valence electrons. The molecule has 1 heterocycles. The Morgan fingerprint density at radius 3 is 2.61 bits per heavy atom. The molecule has 0 atom stereocenters. The molecule has 1 amide bonds. The number of nitrogens with one attached hydrogen (secondary N) is 2. The summed E-state index contributed by atoms with van der Waals surface area (Å²) in [4.78, 5) is 12.3. The number of aromatic nitrogens is 4. The Labute approximate surface area is 136 Å². The van der Waals surface area contributed by atoms with Crippen molar-refractivity contribution >= 4 is 11.6 Å². The zero-order valence-corrected chi connectivity index (χ0v) is 13.5. The minimum atomic E-state index is 0.111. The largest absolute Gasteiger partial charge is 0.326 e. The Kier molecular flexibility index (Phi) is 4.69. The van der Waals surface area contributed by atoms with Gasteiger partial charge in [0.25, 0.3) is 0 Å². The van der Waals surface area contributed by atoms with Crippen LogP contribution >= 0.6 is 0 Å². The van der Waals surface area contributed by atoms with Crippen LogP contribution in [0.3, 0.4) is 0 Å². The fourth-order valence-electron chi connectivity index (χ4n) is 3.32. The van der Waals surface area contributed by atoms with Crippen LogP contribution < -0.4 is 5.32 Å². The molecular weight excluding hydrogens is 290 g/mol. The molecule has 6 heteroatoms. The van der Waals surface area contributed by atoms with Crippen LogP contribution in [0.4, 0.5) is 5.69 Å². The monoisotopic (exact) mass is 313 g/mol. The van der Waals surface area contributed by atoms with Crippen molar-refractivity contribution in [1.29, 1.82) is 0 Å². The number of hydrogen-bond acceptors (Lipinski definition) is 4. The summed E-state index contributed by atoms with van der Waals surface area (Å²) >= 11 is 0. The van der Waals surface area contributed by atoms with Gasteiger partial charge in [-0.3, -0.25) is 4.79 Å². The number of hydrogen-bond donors (Lipinski definition) is 2. The number of carbonyl (C=O) groups is 1. The SMILES string of the molecule is CC1(CC(=O)Nc2ccc(Cc3nn[nH]n3)cc2)CCCCC1. The molecule has 0 saturated heterocycles. The number of benzene rings is 1. The average Bonchev–Trinajstić information content (AvgIpc) is 3.02. The summed E-state index contributed by atoms with van der Waals surface area (Å²) < 4.78 is 0. The normalized spacial score (nSPS) is 16.9. The molecule has 2 N–H and O–H groups in total. The van der Waals surface area contributed by atoms with Gasteiger partial charge in [-0.1, -0.05) is 43.5 Å². The molecule has 1 fully saturated rings. The molecule has 1 saturated carbocycles. The van der Waals surface area contributed by atoms with Crippen molar-refractivity contribution in [3.05, 3.63) is 35.7 Å². The van der Waals surface area contributed by atoms with E-state index in [1.165, 1.54) is 19.3 Å². The fraction of sp³-hybridized carbons (Fsp3) is 0.529. The second kappa shape index (κ2) is 6.89. The minimum absolute atomic E-state index is 0.111. The Balaban J connectivity index is 1.54. The molecule has 0 radical (unpaired) electrons. The maximum Gasteiger partial charge on any atom is 0.224 e. The smallest absolute Gasteiger partial charge is 0.224 e. The molecule has 0 unspecified atom stereocenters. The van der Waals surface area contributed by atoms with Crippen molar-refractivity contribution < 1.29 is 4.79 Å². The van der Waals surface area contributed by atoms with E-state index in [-0.39, 0.29) is 11.3 Å². The number of tetrazole rings is 1. The lowest BCUT2D eigenvalue weighted by Gasteiger charge is -2.32. The van der Waals surface area contributed by atoms with E-state index in [1.807, 2.05) is 24.3 Å². The van der Waals surface area contributed by atoms with Crippen LogP contribution in [-0.2, 0) is 11.2 Å². The molecule has 0 bridgehead atoms. The summed E-state index contributed by atoms with van der Waals surface area (Å²) in [6.45, 7) is 2.24. The quantitative estimate of drug-likeness (QED) is 0.888. The lowest BCUT2D eigenvalue weighted by Crippen LogP contribution is -2.27. The van der Waals surface area contributed by atoms with Gasteiger partial charge in [-0.15, -0.1) is 10.2 Å². The second-order valence-electron chi connectivity index (χ2n) is 6.80. The van der Waals surface area contributed by atoms with Crippen LogP contribution in [0, 0.1) is 5.41 Å². The highest BCUT2D eigenvalue weighted by atomic mass is 16.1. The van der Waals surface area contributed by atoms with Gasteiger partial charge in [0.15, 0.2) is 5.82 Å². The first-order valence-electron chi connectivity index (χ1n) is 8.24. The van der Waals surface area contributed by atoms with E-state index >= 15 is 0 Å². The maximum absolute atomic E-state index is 12.3. The molecule has 3 rings (SSSR count). The van der Waals surface area contributed by atoms with Crippen LogP contribution in [0.5, 0.6) is 0 Å². The van der Waals surface area contributed by atoms with Crippen molar-refractivity contribution in [2.45, 2.75) is 51.9 Å². The zero-order valence-electron chi connectivity index (χ0n) is 13.5. The lowest BCUT2D eigenvalue weighted by atomic mass is 9.73. The number of H-pyrrole nitrogens is 1. The van der Waals surface area contributed by atoms with Gasteiger partial charge >= 0.3 is 0 Å². The number of carbonyl (C=O) groups excluding carboxylic acids is 1. The van der Waals surface area contributed by atoms with Gasteiger partial charge in [-0.05, 0) is 36.0 Å². The number of rotatable bonds is 5. The Morgan fingerprint density at radius 2 is 1.96 bits per heavy atom. The van der Waals surface area contributed by atoms with E-state index < -0.39 is 0 Å². The molecule has 23 heavy (non-hydrogen) atoms. The highest BCUT2D eigenvalue weighted by Crippen LogP contribution is 2.38. The van der Waals surface area contributed by atoms with Gasteiger partial charge < -0.3 is 5.32 Å². The predicted molar refractivity (Wildman–Crippen MR) is 87.9 cm³/mol. The van der Waals surface area contributed by atoms with E-state index in [4.69, 9.17) is 0 Å². The molecule has 1 aromatic heterocycles. The first kappa shape index (κ1) is 15.6. The molecule has 0 spiro atoms. The van der Waals surface area contributed by atoms with Crippen LogP contribution in [-0.4, -0.2) is 26.5 Å². The predicted octanol–water partition coefficient (Wildman–Crippen LogP) is 3.09. The summed E-state index contributed by atoms with van der Waals surface area (Å²) in [6.07, 6.45) is 7.34. The molecule has 0 aliphatic heterocycles. The first-order chi connectivity index (χ1) is 11.1. The molecule has 6 nitrogen and oxygen atoms in total. The van der Waals surface area contributed by atoms with Crippen molar-refractivity contribution in [3.8, 4) is 0 Å². The summed E-state index contributed by atoms with van der Waals surface area (Å²) in [5.41, 5.74) is 2.09. The third-order valence-electron chi connectivity index (χ3n) is 4.64. The highest BCUT2D eigenvalue weighted by molar-refractivity contribution is 5.91. The van der Waals surface area contributed by atoms with Gasteiger partial charge in [0.1, 0.15) is 0 Å². The van der Waals surface area contributed by atoms with Gasteiger partial charge in [-0.25, -0.2) is 0 Å². The minimum Gasteiger partial charge on any atom is -0.326 e. The summed E-state index contributed by atoms with van der Waals surface area (Å²) in [6, 6.07) is 7.82. The van der Waals surface area contributed by atoms with Gasteiger partial charge in [-0.2, -0.15) is 5.21 Å². The third-order valence-corrected chi connectivity index (χ3v) is 4.64. The van der Waals surface area contributed by atoms with Gasteiger partial charge in [0.05, 0.1) is 0 Å². The van der Waals surface area contributed by atoms with Crippen molar-refractivity contribution in [1.82, 2.24) is 20.6 Å². The average molecular weight is 313 g/mol. The first-order valence-corrected chi connectivity index (χ1v) is 8.24. The molecule has 1 aromatic carbocycles. The topological polar surface area (TPSA) is 83.6 Å². The standard InChI is InChI=1S/C17H23N5O/c1-17(9-3-2-4-10-17)12-16(23)18-14-7-5-13(6-8-14)11-15-19-21-22-20-15/h5-8H,2-4,9-12H2,1H3,(H,18,23)(H,19,20,21,22). The molecule has 1 aliphatic carbocycles. The molecular formula is C17H23N5O. The molecule has 1 aliphatic rings. The highest BCUT2D eigenvalue weighted by Gasteiger charge is 2.29. The van der Waals surface area contributed by atoms with Gasteiger partial charge in [0, 0.05) is 18.5 Å².